The van der Waals surface area contributed by atoms with Crippen LogP contribution in [-0.4, -0.2) is 152 Å². The summed E-state index contributed by atoms with van der Waals surface area (Å²) in [6.45, 7) is 60.4. The molecule has 1 N–H and O–H groups in total. The van der Waals surface area contributed by atoms with Crippen molar-refractivity contribution in [3.8, 4) is 0 Å². The van der Waals surface area contributed by atoms with Crippen molar-refractivity contribution in [1.29, 1.82) is 0 Å². The van der Waals surface area contributed by atoms with Gasteiger partial charge in [-0.05, 0) is 214 Å². The molecule has 3 aliphatic heterocycles. The first kappa shape index (κ1) is 68.2. The van der Waals surface area contributed by atoms with E-state index in [1.165, 1.54) is 0 Å². The van der Waals surface area contributed by atoms with Crippen molar-refractivity contribution in [3.05, 3.63) is 0 Å². The summed E-state index contributed by atoms with van der Waals surface area (Å²) >= 11 is 6.51. The maximum atomic E-state index is 10.6. The van der Waals surface area contributed by atoms with Crippen LogP contribution >= 0.6 is 24.4 Å². The van der Waals surface area contributed by atoms with Gasteiger partial charge in [-0.15, -0.1) is 0 Å². The molecular weight excluding hydrogens is 933 g/mol. The third-order valence-corrected chi connectivity index (χ3v) is 11.8. The minimum absolute atomic E-state index is 0.0273. The van der Waals surface area contributed by atoms with Crippen LogP contribution in [0.25, 0.3) is 0 Å². The molecule has 3 heterocycles. The topological polar surface area (TPSA) is 131 Å². The SMILES string of the molecule is CC1OC(OC(C)(C)C)C(OC(C)(C)C)C(OC(C)(C)C)C1O.CC1OC(OC(C)(C)C)C(OC(C)(C)C)C(OC(C)(C)C)C1S.CSC1C(C)OC(OC(C)(C)C)C(OC(C)(C)C)C1OC(C)(C)C. The summed E-state index contributed by atoms with van der Waals surface area (Å²) in [6, 6.07) is 0. The van der Waals surface area contributed by atoms with Gasteiger partial charge in [0, 0.05) is 0 Å². The quantitative estimate of drug-likeness (QED) is 0.201. The Kier molecular flexibility index (Phi) is 24.9. The van der Waals surface area contributed by atoms with E-state index in [4.69, 9.17) is 69.5 Å². The predicted octanol–water partition coefficient (Wildman–Crippen LogP) is 12.1. The smallest absolute Gasteiger partial charge is 0.187 e. The number of hydrogen-bond donors (Lipinski definition) is 2. The summed E-state index contributed by atoms with van der Waals surface area (Å²) in [4.78, 5) is 0. The summed E-state index contributed by atoms with van der Waals surface area (Å²) in [5.41, 5.74) is -3.06. The summed E-state index contributed by atoms with van der Waals surface area (Å²) in [6.07, 6.45) is -2.63. The average molecular weight is 1040 g/mol. The van der Waals surface area contributed by atoms with Crippen LogP contribution in [0.15, 0.2) is 0 Å². The number of hydrogen-bond acceptors (Lipinski definition) is 15. The zero-order valence-electron chi connectivity index (χ0n) is 50.4. The molecule has 0 aromatic carbocycles. The zero-order chi connectivity index (χ0) is 55.4. The molecular formula is C55H110O13S2. The van der Waals surface area contributed by atoms with Gasteiger partial charge in [-0.1, -0.05) is 0 Å². The lowest BCUT2D eigenvalue weighted by atomic mass is 9.97. The molecule has 15 unspecified atom stereocenters. The van der Waals surface area contributed by atoms with Crippen LogP contribution in [0.3, 0.4) is 0 Å². The van der Waals surface area contributed by atoms with Gasteiger partial charge in [0.15, 0.2) is 18.9 Å². The Morgan fingerprint density at radius 1 is 0.329 bits per heavy atom. The first-order chi connectivity index (χ1) is 30.8. The standard InChI is InChI=1S/C19H38O4S.C18H36O5.C18H36O4S/c1-12-15(24-11)13(21-17(2,3)4)14(22-18(5,6)7)16(20-12)23-19(8,9)10;1-11-12(19)13(21-16(2,3)4)14(22-17(5,6)7)15(20-11)23-18(8,9)10;1-11-14(23)12(20-16(2,3)4)13(21-17(5,6)7)15(19-11)22-18(8,9)10/h12-16H,1-11H3;11-15,19H,1-10H3;11-15,23H,1-10H3. The zero-order valence-corrected chi connectivity index (χ0v) is 52.1. The minimum atomic E-state index is -0.776. The monoisotopic (exact) mass is 1040 g/mol. The second kappa shape index (κ2) is 25.6. The van der Waals surface area contributed by atoms with E-state index in [1.54, 1.807) is 11.8 Å². The number of rotatable bonds is 10. The van der Waals surface area contributed by atoms with E-state index in [9.17, 15) is 5.11 Å². The average Bonchev–Trinajstić information content (AvgIpc) is 3.06. The molecule has 15 atom stereocenters. The molecule has 3 saturated heterocycles. The summed E-state index contributed by atoms with van der Waals surface area (Å²) in [5.74, 6) is 0. The molecule has 3 aliphatic rings. The Labute approximate surface area is 439 Å². The third kappa shape index (κ3) is 26.8. The molecule has 0 radical (unpaired) electrons. The first-order valence-corrected chi connectivity index (χ1v) is 27.6. The van der Waals surface area contributed by atoms with Gasteiger partial charge in [-0.25, -0.2) is 0 Å². The van der Waals surface area contributed by atoms with E-state index in [2.05, 4.69) is 54.7 Å². The fourth-order valence-corrected chi connectivity index (χ4v) is 9.05. The van der Waals surface area contributed by atoms with Crippen molar-refractivity contribution in [1.82, 2.24) is 0 Å². The van der Waals surface area contributed by atoms with E-state index in [1.807, 2.05) is 159 Å². The first-order valence-electron chi connectivity index (χ1n) is 25.8. The largest absolute Gasteiger partial charge is 0.388 e. The van der Waals surface area contributed by atoms with Gasteiger partial charge in [-0.3, -0.25) is 0 Å². The number of aliphatic hydroxyl groups excluding tert-OH is 1. The van der Waals surface area contributed by atoms with Gasteiger partial charge in [0.1, 0.15) is 42.7 Å². The highest BCUT2D eigenvalue weighted by molar-refractivity contribution is 7.99. The van der Waals surface area contributed by atoms with Crippen LogP contribution in [0.4, 0.5) is 0 Å². The van der Waals surface area contributed by atoms with Crippen LogP contribution in [0.5, 0.6) is 0 Å². The van der Waals surface area contributed by atoms with Crippen LogP contribution < -0.4 is 0 Å². The number of thiol groups is 1. The van der Waals surface area contributed by atoms with Crippen LogP contribution in [-0.2, 0) is 56.8 Å². The molecule has 70 heavy (non-hydrogen) atoms. The van der Waals surface area contributed by atoms with Gasteiger partial charge < -0.3 is 61.9 Å². The Morgan fingerprint density at radius 2 is 0.557 bits per heavy atom. The van der Waals surface area contributed by atoms with Crippen molar-refractivity contribution in [2.45, 2.75) is 349 Å². The number of ether oxygens (including phenoxy) is 12. The van der Waals surface area contributed by atoms with Crippen molar-refractivity contribution in [2.75, 3.05) is 6.26 Å². The Morgan fingerprint density at radius 3 is 0.857 bits per heavy atom. The highest BCUT2D eigenvalue weighted by Crippen LogP contribution is 2.39. The van der Waals surface area contributed by atoms with Crippen LogP contribution in [0.1, 0.15) is 208 Å². The molecule has 0 saturated carbocycles. The third-order valence-electron chi connectivity index (χ3n) is 9.86. The van der Waals surface area contributed by atoms with Gasteiger partial charge in [-0.2, -0.15) is 24.4 Å². The minimum Gasteiger partial charge on any atom is -0.388 e. The lowest BCUT2D eigenvalue weighted by molar-refractivity contribution is -0.347. The van der Waals surface area contributed by atoms with Gasteiger partial charge >= 0.3 is 0 Å². The summed E-state index contributed by atoms with van der Waals surface area (Å²) < 4.78 is 74.3. The normalized spacial score (nSPS) is 33.5. The Balaban J connectivity index is 0.000000525. The number of thioether (sulfide) groups is 1. The molecule has 13 nitrogen and oxygen atoms in total. The molecule has 3 rings (SSSR count). The Hall–Kier alpha value is 0.180. The molecule has 0 bridgehead atoms. The lowest BCUT2D eigenvalue weighted by Crippen LogP contribution is -2.62. The molecule has 15 heteroatoms. The predicted molar refractivity (Wildman–Crippen MR) is 289 cm³/mol. The van der Waals surface area contributed by atoms with Crippen molar-refractivity contribution >= 4 is 24.4 Å². The molecule has 420 valence electrons. The van der Waals surface area contributed by atoms with E-state index in [0.29, 0.717) is 0 Å². The molecule has 0 aliphatic carbocycles. The van der Waals surface area contributed by atoms with Crippen molar-refractivity contribution < 1.29 is 61.9 Å². The maximum Gasteiger partial charge on any atom is 0.187 e. The second-order valence-electron chi connectivity index (χ2n) is 28.2. The van der Waals surface area contributed by atoms with Gasteiger partial charge in [0.25, 0.3) is 0 Å². The summed E-state index contributed by atoms with van der Waals surface area (Å²) in [5, 5.41) is 10.7. The van der Waals surface area contributed by atoms with E-state index < -0.39 is 60.1 Å². The Bertz CT molecular complexity index is 1430. The van der Waals surface area contributed by atoms with E-state index in [0.717, 1.165) is 0 Å². The number of aliphatic hydroxyl groups is 1. The van der Waals surface area contributed by atoms with Gasteiger partial charge in [0.05, 0.1) is 79.2 Å². The fraction of sp³-hybridized carbons (Fsp3) is 1.00. The van der Waals surface area contributed by atoms with Crippen molar-refractivity contribution in [2.24, 2.45) is 0 Å². The molecule has 0 amide bonds. The second-order valence-corrected chi connectivity index (χ2v) is 29.8. The van der Waals surface area contributed by atoms with E-state index in [-0.39, 0.29) is 80.7 Å². The molecule has 0 aromatic rings. The van der Waals surface area contributed by atoms with Crippen LogP contribution in [0.2, 0.25) is 0 Å². The highest BCUT2D eigenvalue weighted by atomic mass is 32.2. The highest BCUT2D eigenvalue weighted by Gasteiger charge is 2.52. The fourth-order valence-electron chi connectivity index (χ4n) is 7.83. The lowest BCUT2D eigenvalue weighted by Gasteiger charge is -2.49. The summed E-state index contributed by atoms with van der Waals surface area (Å²) in [7, 11) is 0. The van der Waals surface area contributed by atoms with Crippen molar-refractivity contribution in [3.63, 3.8) is 0 Å². The molecule has 3 fully saturated rings. The molecule has 0 spiro atoms. The molecule has 0 aromatic heterocycles. The van der Waals surface area contributed by atoms with E-state index >= 15 is 0 Å². The van der Waals surface area contributed by atoms with Crippen LogP contribution in [0, 0.1) is 0 Å². The van der Waals surface area contributed by atoms with Gasteiger partial charge in [0.2, 0.25) is 0 Å². The maximum absolute atomic E-state index is 10.6.